The van der Waals surface area contributed by atoms with E-state index < -0.39 is 5.79 Å². The first-order valence-corrected chi connectivity index (χ1v) is 8.08. The van der Waals surface area contributed by atoms with Crippen molar-refractivity contribution in [2.45, 2.75) is 72.7 Å². The number of halogens is 2. The minimum atomic E-state index is -0.757. The van der Waals surface area contributed by atoms with Gasteiger partial charge in [0, 0.05) is 12.0 Å². The van der Waals surface area contributed by atoms with Crippen molar-refractivity contribution in [3.05, 3.63) is 47.3 Å². The van der Waals surface area contributed by atoms with E-state index in [-0.39, 0.29) is 57.5 Å². The van der Waals surface area contributed by atoms with Crippen LogP contribution in [0.2, 0.25) is 0 Å². The third kappa shape index (κ3) is 7.27. The third-order valence-electron chi connectivity index (χ3n) is 3.69. The van der Waals surface area contributed by atoms with Crippen molar-refractivity contribution in [2.75, 3.05) is 0 Å². The van der Waals surface area contributed by atoms with E-state index >= 15 is 0 Å². The Bertz CT molecular complexity index is 563. The molecule has 0 aromatic carbocycles. The molecule has 2 rings (SSSR count). The third-order valence-corrected chi connectivity index (χ3v) is 3.69. The summed E-state index contributed by atoms with van der Waals surface area (Å²) < 4.78 is 12.9. The molecule has 5 heteroatoms. The summed E-state index contributed by atoms with van der Waals surface area (Å²) in [5.41, 5.74) is 2.11. The molecule has 0 fully saturated rings. The number of allylic oxidation sites excluding steroid dienone is 5. The van der Waals surface area contributed by atoms with E-state index in [2.05, 4.69) is 72.8 Å². The molecular weight excluding hydrogens is 391 g/mol. The maximum Gasteiger partial charge on any atom is 3.00 e. The summed E-state index contributed by atoms with van der Waals surface area (Å²) >= 11 is 0. The van der Waals surface area contributed by atoms with Gasteiger partial charge < -0.3 is 34.3 Å². The summed E-state index contributed by atoms with van der Waals surface area (Å²) in [6.07, 6.45) is 13.2. The fourth-order valence-electron chi connectivity index (χ4n) is 2.93. The van der Waals surface area contributed by atoms with Crippen LogP contribution in [-0.2, 0) is 31.2 Å². The van der Waals surface area contributed by atoms with Crippen molar-refractivity contribution >= 4 is 0 Å². The van der Waals surface area contributed by atoms with Crippen LogP contribution in [-0.4, -0.2) is 11.4 Å². The van der Waals surface area contributed by atoms with Crippen LogP contribution >= 0.6 is 0 Å². The van der Waals surface area contributed by atoms with Crippen molar-refractivity contribution in [3.63, 3.8) is 0 Å². The Kier molecular flexibility index (Phi) is 10.7. The number of ether oxygens (including phenoxy) is 2. The van der Waals surface area contributed by atoms with Gasteiger partial charge in [-0.25, -0.2) is 6.08 Å². The van der Waals surface area contributed by atoms with Crippen molar-refractivity contribution in [3.8, 4) is 0 Å². The van der Waals surface area contributed by atoms with Crippen LogP contribution < -0.4 is 24.8 Å². The quantitative estimate of drug-likeness (QED) is 0.348. The number of rotatable bonds is 3. The average Bonchev–Trinajstić information content (AvgIpc) is 2.81. The Morgan fingerprint density at radius 1 is 1.08 bits per heavy atom. The van der Waals surface area contributed by atoms with E-state index in [0.29, 0.717) is 0 Å². The topological polar surface area (TPSA) is 18.5 Å². The maximum atomic E-state index is 6.49. The van der Waals surface area contributed by atoms with Crippen LogP contribution in [0.25, 0.3) is 0 Å². The Balaban J connectivity index is 0. The molecule has 0 aromatic heterocycles. The van der Waals surface area contributed by atoms with Crippen molar-refractivity contribution in [2.24, 2.45) is 5.41 Å². The average molecular weight is 420 g/mol. The summed E-state index contributed by atoms with van der Waals surface area (Å²) in [4.78, 5) is 0. The van der Waals surface area contributed by atoms with E-state index in [0.717, 1.165) is 18.6 Å². The summed E-state index contributed by atoms with van der Waals surface area (Å²) in [6, 6.07) is 0. The molecule has 1 unspecified atom stereocenters. The summed E-state index contributed by atoms with van der Waals surface area (Å²) in [5.74, 6) is 0.0277. The van der Waals surface area contributed by atoms with Gasteiger partial charge in [0.25, 0.3) is 0 Å². The zero-order valence-corrected chi connectivity index (χ0v) is 19.4. The predicted molar refractivity (Wildman–Crippen MR) is 91.1 cm³/mol. The molecule has 0 saturated carbocycles. The Morgan fingerprint density at radius 3 is 2.12 bits per heavy atom. The molecule has 139 valence electrons. The molecule has 0 spiro atoms. The standard InChI is InChI=1S/C20H29O2.2ClH.Ti/c1-15-12-13-20(22-19(5,6)7,17(14-15)18(2,3)4)21-16-10-8-9-11-16;;;/h8,10,12,14H,9,13H2,1-7H3;2*1H;/q-1;;;+3/p-2. The number of hydrogen-bond donors (Lipinski definition) is 0. The smallest absolute Gasteiger partial charge is 1.00 e. The first-order valence-electron chi connectivity index (χ1n) is 8.08. The van der Waals surface area contributed by atoms with Gasteiger partial charge in [-0.1, -0.05) is 38.5 Å². The molecule has 2 aliphatic rings. The van der Waals surface area contributed by atoms with E-state index in [1.54, 1.807) is 0 Å². The summed E-state index contributed by atoms with van der Waals surface area (Å²) in [6.45, 7) is 15.0. The molecule has 1 atom stereocenters. The van der Waals surface area contributed by atoms with Crippen LogP contribution in [0.15, 0.2) is 41.2 Å². The van der Waals surface area contributed by atoms with Crippen LogP contribution in [0.4, 0.5) is 0 Å². The van der Waals surface area contributed by atoms with Crippen LogP contribution in [0.1, 0.15) is 61.3 Å². The zero-order chi connectivity index (χ0) is 16.6. The second-order valence-electron chi connectivity index (χ2n) is 8.18. The molecule has 0 heterocycles. The van der Waals surface area contributed by atoms with Crippen LogP contribution in [0, 0.1) is 11.5 Å². The van der Waals surface area contributed by atoms with Gasteiger partial charge in [-0.2, -0.15) is 12.2 Å². The molecule has 0 aliphatic heterocycles. The van der Waals surface area contributed by atoms with E-state index in [1.165, 1.54) is 11.1 Å². The van der Waals surface area contributed by atoms with Gasteiger partial charge in [0.05, 0.1) is 5.60 Å². The van der Waals surface area contributed by atoms with Gasteiger partial charge in [-0.05, 0) is 38.9 Å². The first kappa shape index (κ1) is 27.2. The second kappa shape index (κ2) is 9.81. The molecule has 0 N–H and O–H groups in total. The molecule has 2 aliphatic carbocycles. The summed E-state index contributed by atoms with van der Waals surface area (Å²) in [5, 5.41) is 0. The van der Waals surface area contributed by atoms with E-state index in [4.69, 9.17) is 9.47 Å². The van der Waals surface area contributed by atoms with E-state index in [9.17, 15) is 0 Å². The van der Waals surface area contributed by atoms with Gasteiger partial charge in [0.15, 0.2) is 0 Å². The van der Waals surface area contributed by atoms with Crippen LogP contribution in [0.3, 0.4) is 0 Å². The largest absolute Gasteiger partial charge is 3.00 e. The minimum absolute atomic E-state index is 0. The van der Waals surface area contributed by atoms with Gasteiger partial charge >= 0.3 is 21.7 Å². The maximum absolute atomic E-state index is 6.49. The predicted octanol–water partition coefficient (Wildman–Crippen LogP) is -0.511. The molecule has 0 saturated heterocycles. The molecule has 1 radical (unpaired) electrons. The molecule has 0 amide bonds. The molecule has 2 nitrogen and oxygen atoms in total. The number of hydrogen-bond acceptors (Lipinski definition) is 2. The normalized spacial score (nSPS) is 22.6. The van der Waals surface area contributed by atoms with Gasteiger partial charge in [-0.15, -0.1) is 6.42 Å². The molecular formula is C20H29Cl2O2Ti. The fraction of sp³-hybridized carbons (Fsp3) is 0.600. The Labute approximate surface area is 180 Å². The second-order valence-corrected chi connectivity index (χ2v) is 8.18. The summed E-state index contributed by atoms with van der Waals surface area (Å²) in [7, 11) is 0. The van der Waals surface area contributed by atoms with E-state index in [1.807, 2.05) is 6.08 Å². The van der Waals surface area contributed by atoms with Crippen molar-refractivity contribution < 1.29 is 56.0 Å². The monoisotopic (exact) mass is 419 g/mol. The Hall–Kier alpha value is 0.0143. The molecule has 0 bridgehead atoms. The first-order chi connectivity index (χ1) is 10.0. The van der Waals surface area contributed by atoms with Crippen molar-refractivity contribution in [1.29, 1.82) is 0 Å². The van der Waals surface area contributed by atoms with Gasteiger partial charge in [-0.3, -0.25) is 0 Å². The Morgan fingerprint density at radius 2 is 1.68 bits per heavy atom. The van der Waals surface area contributed by atoms with Crippen molar-refractivity contribution in [1.82, 2.24) is 0 Å². The van der Waals surface area contributed by atoms with Gasteiger partial charge in [0.2, 0.25) is 5.79 Å². The molecule has 25 heavy (non-hydrogen) atoms. The fourth-order valence-corrected chi connectivity index (χ4v) is 2.93. The minimum Gasteiger partial charge on any atom is -1.00 e. The SMILES string of the molecule is CC1=CCC(OC2=[C-]CC=C2)(OC(C)(C)C)C(C(C)(C)C)=C1.[Cl-].[Cl-].[Ti+3]. The van der Waals surface area contributed by atoms with Crippen LogP contribution in [0.5, 0.6) is 0 Å². The zero-order valence-electron chi connectivity index (χ0n) is 16.3. The molecule has 0 aromatic rings. The van der Waals surface area contributed by atoms with Gasteiger partial charge in [0.1, 0.15) is 0 Å².